The van der Waals surface area contributed by atoms with E-state index in [4.69, 9.17) is 6.42 Å². The highest BCUT2D eigenvalue weighted by atomic mass is 16.1. The first-order valence-electron chi connectivity index (χ1n) is 6.28. The van der Waals surface area contributed by atoms with Gasteiger partial charge in [0.15, 0.2) is 0 Å². The van der Waals surface area contributed by atoms with E-state index in [1.165, 1.54) is 0 Å². The molecular formula is C16H21NO. The summed E-state index contributed by atoms with van der Waals surface area (Å²) in [4.78, 5) is 12.1. The number of unbranched alkanes of at least 4 members (excludes halogenated alkanes) is 1. The number of nitrogens with one attached hydrogen (secondary N) is 1. The maximum Gasteiger partial charge on any atom is 0.251 e. The predicted octanol–water partition coefficient (Wildman–Crippen LogP) is 3.13. The third-order valence-corrected chi connectivity index (χ3v) is 2.76. The van der Waals surface area contributed by atoms with Gasteiger partial charge in [0, 0.05) is 18.5 Å². The Labute approximate surface area is 110 Å². The Hall–Kier alpha value is -1.75. The molecule has 0 aromatic heterocycles. The van der Waals surface area contributed by atoms with E-state index in [0.717, 1.165) is 17.5 Å². The number of amides is 1. The molecule has 0 unspecified atom stereocenters. The largest absolute Gasteiger partial charge is 0.352 e. The monoisotopic (exact) mass is 243 g/mol. The average Bonchev–Trinajstić information content (AvgIpc) is 2.33. The Bertz CT molecular complexity index is 449. The second-order valence-electron chi connectivity index (χ2n) is 5.36. The third-order valence-electron chi connectivity index (χ3n) is 2.76. The minimum Gasteiger partial charge on any atom is -0.352 e. The van der Waals surface area contributed by atoms with Crippen LogP contribution in [0.5, 0.6) is 0 Å². The molecule has 0 atom stereocenters. The minimum absolute atomic E-state index is 0.0162. The van der Waals surface area contributed by atoms with Gasteiger partial charge in [-0.05, 0) is 23.5 Å². The molecule has 1 N–H and O–H groups in total. The molecule has 1 aromatic rings. The molecule has 0 aliphatic carbocycles. The van der Waals surface area contributed by atoms with Crippen LogP contribution in [0, 0.1) is 12.3 Å². The van der Waals surface area contributed by atoms with Crippen LogP contribution < -0.4 is 5.32 Å². The van der Waals surface area contributed by atoms with Gasteiger partial charge in [-0.3, -0.25) is 4.79 Å². The summed E-state index contributed by atoms with van der Waals surface area (Å²) in [7, 11) is 0. The van der Waals surface area contributed by atoms with Crippen LogP contribution in [0.25, 0.3) is 0 Å². The quantitative estimate of drug-likeness (QED) is 0.639. The van der Waals surface area contributed by atoms with Crippen molar-refractivity contribution in [2.75, 3.05) is 6.54 Å². The van der Waals surface area contributed by atoms with Crippen LogP contribution in [-0.4, -0.2) is 12.5 Å². The zero-order valence-corrected chi connectivity index (χ0v) is 11.4. The average molecular weight is 243 g/mol. The van der Waals surface area contributed by atoms with Crippen LogP contribution in [0.15, 0.2) is 24.3 Å². The third kappa shape index (κ3) is 3.92. The van der Waals surface area contributed by atoms with Crippen molar-refractivity contribution in [3.63, 3.8) is 0 Å². The highest BCUT2D eigenvalue weighted by molar-refractivity contribution is 5.96. The van der Waals surface area contributed by atoms with Crippen molar-refractivity contribution in [2.45, 2.75) is 39.0 Å². The van der Waals surface area contributed by atoms with E-state index in [1.807, 2.05) is 24.3 Å². The summed E-state index contributed by atoms with van der Waals surface area (Å²) in [6.07, 6.45) is 6.69. The second-order valence-corrected chi connectivity index (χ2v) is 5.36. The molecule has 0 spiro atoms. The van der Waals surface area contributed by atoms with Crippen molar-refractivity contribution >= 4 is 5.91 Å². The molecule has 1 rings (SSSR count). The fraction of sp³-hybridized carbons (Fsp3) is 0.438. The standard InChI is InChI=1S/C16H21NO/c1-5-6-9-12-17-15(18)13-10-7-8-11-14(13)16(2,3)4/h1,7-8,10-11H,6,9,12H2,2-4H3,(H,17,18). The molecule has 0 heterocycles. The Kier molecular flexibility index (Phi) is 4.97. The lowest BCUT2D eigenvalue weighted by Gasteiger charge is -2.22. The van der Waals surface area contributed by atoms with Crippen molar-refractivity contribution < 1.29 is 4.79 Å². The number of carbonyl (C=O) groups is 1. The van der Waals surface area contributed by atoms with Crippen LogP contribution in [-0.2, 0) is 5.41 Å². The molecule has 0 radical (unpaired) electrons. The van der Waals surface area contributed by atoms with Gasteiger partial charge in [-0.15, -0.1) is 12.3 Å². The molecule has 0 aliphatic rings. The molecule has 2 heteroatoms. The Morgan fingerprint density at radius 2 is 2.00 bits per heavy atom. The number of terminal acetylenes is 1. The molecule has 18 heavy (non-hydrogen) atoms. The van der Waals surface area contributed by atoms with Crippen LogP contribution in [0.4, 0.5) is 0 Å². The Morgan fingerprint density at radius 1 is 1.33 bits per heavy atom. The van der Waals surface area contributed by atoms with E-state index >= 15 is 0 Å². The molecule has 1 amide bonds. The first-order valence-corrected chi connectivity index (χ1v) is 6.28. The van der Waals surface area contributed by atoms with Crippen LogP contribution >= 0.6 is 0 Å². The second kappa shape index (κ2) is 6.26. The van der Waals surface area contributed by atoms with E-state index in [0.29, 0.717) is 13.0 Å². The lowest BCUT2D eigenvalue weighted by Crippen LogP contribution is -2.27. The number of rotatable bonds is 4. The molecule has 0 fully saturated rings. The minimum atomic E-state index is -0.0350. The summed E-state index contributed by atoms with van der Waals surface area (Å²) in [6, 6.07) is 7.74. The van der Waals surface area contributed by atoms with Gasteiger partial charge in [-0.25, -0.2) is 0 Å². The number of hydrogen-bond acceptors (Lipinski definition) is 1. The molecule has 2 nitrogen and oxygen atoms in total. The summed E-state index contributed by atoms with van der Waals surface area (Å²) >= 11 is 0. The normalized spacial score (nSPS) is 10.8. The van der Waals surface area contributed by atoms with E-state index in [-0.39, 0.29) is 11.3 Å². The smallest absolute Gasteiger partial charge is 0.251 e. The van der Waals surface area contributed by atoms with E-state index in [2.05, 4.69) is 32.0 Å². The lowest BCUT2D eigenvalue weighted by atomic mass is 9.83. The predicted molar refractivity (Wildman–Crippen MR) is 75.5 cm³/mol. The summed E-state index contributed by atoms with van der Waals surface area (Å²) in [6.45, 7) is 6.95. The summed E-state index contributed by atoms with van der Waals surface area (Å²) < 4.78 is 0. The van der Waals surface area contributed by atoms with E-state index < -0.39 is 0 Å². The van der Waals surface area contributed by atoms with Crippen molar-refractivity contribution in [1.82, 2.24) is 5.32 Å². The Morgan fingerprint density at radius 3 is 2.61 bits per heavy atom. The molecule has 0 saturated carbocycles. The van der Waals surface area contributed by atoms with E-state index in [1.54, 1.807) is 0 Å². The van der Waals surface area contributed by atoms with Gasteiger partial charge in [-0.2, -0.15) is 0 Å². The van der Waals surface area contributed by atoms with Gasteiger partial charge in [0.25, 0.3) is 5.91 Å². The van der Waals surface area contributed by atoms with Crippen molar-refractivity contribution in [3.05, 3.63) is 35.4 Å². The zero-order chi connectivity index (χ0) is 13.6. The van der Waals surface area contributed by atoms with Crippen molar-refractivity contribution in [1.29, 1.82) is 0 Å². The van der Waals surface area contributed by atoms with Crippen molar-refractivity contribution in [2.24, 2.45) is 0 Å². The fourth-order valence-electron chi connectivity index (χ4n) is 1.82. The van der Waals surface area contributed by atoms with Gasteiger partial charge in [-0.1, -0.05) is 39.0 Å². The van der Waals surface area contributed by atoms with Gasteiger partial charge >= 0.3 is 0 Å². The fourth-order valence-corrected chi connectivity index (χ4v) is 1.82. The van der Waals surface area contributed by atoms with Crippen molar-refractivity contribution in [3.8, 4) is 12.3 Å². The molecule has 0 saturated heterocycles. The Balaban J connectivity index is 2.77. The zero-order valence-electron chi connectivity index (χ0n) is 11.4. The molecule has 0 aliphatic heterocycles. The molecule has 96 valence electrons. The number of carbonyl (C=O) groups excluding carboxylic acids is 1. The first kappa shape index (κ1) is 14.3. The van der Waals surface area contributed by atoms with Gasteiger partial charge in [0.05, 0.1) is 0 Å². The van der Waals surface area contributed by atoms with Gasteiger partial charge in [0.2, 0.25) is 0 Å². The molecule has 0 bridgehead atoms. The highest BCUT2D eigenvalue weighted by Gasteiger charge is 2.20. The van der Waals surface area contributed by atoms with Crippen LogP contribution in [0.1, 0.15) is 49.5 Å². The SMILES string of the molecule is C#CCCCNC(=O)c1ccccc1C(C)(C)C. The van der Waals surface area contributed by atoms with Crippen LogP contribution in [0.2, 0.25) is 0 Å². The van der Waals surface area contributed by atoms with E-state index in [9.17, 15) is 4.79 Å². The lowest BCUT2D eigenvalue weighted by molar-refractivity contribution is 0.0951. The molecular weight excluding hydrogens is 222 g/mol. The highest BCUT2D eigenvalue weighted by Crippen LogP contribution is 2.25. The van der Waals surface area contributed by atoms with Gasteiger partial charge < -0.3 is 5.32 Å². The maximum absolute atomic E-state index is 12.1. The summed E-state index contributed by atoms with van der Waals surface area (Å²) in [5.41, 5.74) is 1.79. The van der Waals surface area contributed by atoms with Gasteiger partial charge in [0.1, 0.15) is 0 Å². The number of hydrogen-bond donors (Lipinski definition) is 1. The first-order chi connectivity index (χ1) is 8.46. The summed E-state index contributed by atoms with van der Waals surface area (Å²) in [5.74, 6) is 2.55. The number of benzene rings is 1. The van der Waals surface area contributed by atoms with Crippen LogP contribution in [0.3, 0.4) is 0 Å². The maximum atomic E-state index is 12.1. The molecule has 1 aromatic carbocycles. The summed E-state index contributed by atoms with van der Waals surface area (Å²) in [5, 5.41) is 2.91. The topological polar surface area (TPSA) is 29.1 Å².